The second-order valence-corrected chi connectivity index (χ2v) is 2.98. The number of phenolic OH excluding ortho intramolecular Hbond substituents is 1. The van der Waals surface area contributed by atoms with Gasteiger partial charge in [-0.2, -0.15) is 0 Å². The topological polar surface area (TPSA) is 59.1 Å². The first-order chi connectivity index (χ1) is 6.79. The number of phenols is 1. The van der Waals surface area contributed by atoms with Crippen molar-refractivity contribution in [3.05, 3.63) is 42.7 Å². The minimum Gasteiger partial charge on any atom is -0.507 e. The lowest BCUT2D eigenvalue weighted by Crippen LogP contribution is -1.90. The number of benzene rings is 1. The molecule has 70 valence electrons. The number of pyridine rings is 1. The van der Waals surface area contributed by atoms with Crippen LogP contribution in [0.4, 0.5) is 5.69 Å². The van der Waals surface area contributed by atoms with Crippen LogP contribution in [0.2, 0.25) is 0 Å². The molecule has 1 aromatic carbocycles. The van der Waals surface area contributed by atoms with Gasteiger partial charge in [0.15, 0.2) is 0 Å². The molecule has 0 aliphatic heterocycles. The molecule has 0 saturated carbocycles. The van der Waals surface area contributed by atoms with Gasteiger partial charge in [0.2, 0.25) is 0 Å². The number of nitrogens with two attached hydrogens (primary N) is 1. The van der Waals surface area contributed by atoms with E-state index in [2.05, 4.69) is 4.98 Å². The molecule has 2 aromatic rings. The molecule has 1 heterocycles. The van der Waals surface area contributed by atoms with E-state index in [4.69, 9.17) is 5.73 Å². The van der Waals surface area contributed by atoms with Crippen molar-refractivity contribution in [2.24, 2.45) is 0 Å². The van der Waals surface area contributed by atoms with Crippen molar-refractivity contribution in [3.8, 4) is 16.9 Å². The molecule has 1 aromatic heterocycles. The molecule has 0 amide bonds. The molecule has 2 rings (SSSR count). The number of nitrogens with zero attached hydrogens (tertiary/aromatic N) is 1. The Kier molecular flexibility index (Phi) is 2.07. The van der Waals surface area contributed by atoms with Crippen molar-refractivity contribution >= 4 is 5.69 Å². The van der Waals surface area contributed by atoms with Gasteiger partial charge in [0, 0.05) is 17.3 Å². The van der Waals surface area contributed by atoms with Crippen LogP contribution >= 0.6 is 0 Å². The standard InChI is InChI=1S/C11H10N2O/c12-10-7-13-6-5-8(10)9-3-1-2-4-11(9)14/h1-7,14H,12H2. The van der Waals surface area contributed by atoms with Crippen molar-refractivity contribution < 1.29 is 5.11 Å². The van der Waals surface area contributed by atoms with Gasteiger partial charge in [-0.25, -0.2) is 0 Å². The summed E-state index contributed by atoms with van der Waals surface area (Å²) in [7, 11) is 0. The normalized spacial score (nSPS) is 10.0. The number of para-hydroxylation sites is 1. The van der Waals surface area contributed by atoms with E-state index in [0.29, 0.717) is 5.69 Å². The van der Waals surface area contributed by atoms with E-state index in [9.17, 15) is 5.11 Å². The number of nitrogen functional groups attached to an aromatic ring is 1. The van der Waals surface area contributed by atoms with Gasteiger partial charge in [-0.1, -0.05) is 18.2 Å². The summed E-state index contributed by atoms with van der Waals surface area (Å²) < 4.78 is 0. The quantitative estimate of drug-likeness (QED) is 0.716. The molecule has 3 nitrogen and oxygen atoms in total. The Morgan fingerprint density at radius 1 is 1.07 bits per heavy atom. The van der Waals surface area contributed by atoms with Crippen LogP contribution in [0.15, 0.2) is 42.7 Å². The van der Waals surface area contributed by atoms with Crippen molar-refractivity contribution in [2.45, 2.75) is 0 Å². The lowest BCUT2D eigenvalue weighted by Gasteiger charge is -2.06. The minimum absolute atomic E-state index is 0.227. The second-order valence-electron chi connectivity index (χ2n) is 2.98. The summed E-state index contributed by atoms with van der Waals surface area (Å²) in [5, 5.41) is 9.61. The van der Waals surface area contributed by atoms with Crippen LogP contribution in [-0.2, 0) is 0 Å². The maximum absolute atomic E-state index is 9.61. The maximum atomic E-state index is 9.61. The predicted molar refractivity (Wildman–Crippen MR) is 55.8 cm³/mol. The van der Waals surface area contributed by atoms with E-state index in [0.717, 1.165) is 11.1 Å². The Morgan fingerprint density at radius 3 is 2.57 bits per heavy atom. The Hall–Kier alpha value is -2.03. The van der Waals surface area contributed by atoms with Crippen LogP contribution < -0.4 is 5.73 Å². The number of hydrogen-bond donors (Lipinski definition) is 2. The third kappa shape index (κ3) is 1.40. The molecule has 14 heavy (non-hydrogen) atoms. The number of hydrogen-bond acceptors (Lipinski definition) is 3. The van der Waals surface area contributed by atoms with Crippen LogP contribution in [0.25, 0.3) is 11.1 Å². The Labute approximate surface area is 81.8 Å². The van der Waals surface area contributed by atoms with Gasteiger partial charge in [-0.3, -0.25) is 4.98 Å². The first-order valence-electron chi connectivity index (χ1n) is 4.27. The number of aromatic hydroxyl groups is 1. The van der Waals surface area contributed by atoms with E-state index in [1.54, 1.807) is 30.6 Å². The van der Waals surface area contributed by atoms with Crippen molar-refractivity contribution in [1.82, 2.24) is 4.98 Å². The zero-order valence-electron chi connectivity index (χ0n) is 7.51. The number of rotatable bonds is 1. The van der Waals surface area contributed by atoms with Gasteiger partial charge in [0.1, 0.15) is 5.75 Å². The molecule has 0 radical (unpaired) electrons. The van der Waals surface area contributed by atoms with Gasteiger partial charge in [0.05, 0.1) is 11.9 Å². The fraction of sp³-hybridized carbons (Fsp3) is 0. The van der Waals surface area contributed by atoms with Crippen molar-refractivity contribution in [1.29, 1.82) is 0 Å². The number of aromatic nitrogens is 1. The van der Waals surface area contributed by atoms with Gasteiger partial charge in [-0.05, 0) is 12.1 Å². The highest BCUT2D eigenvalue weighted by molar-refractivity contribution is 5.79. The summed E-state index contributed by atoms with van der Waals surface area (Å²) in [6.45, 7) is 0. The van der Waals surface area contributed by atoms with Crippen LogP contribution in [0.1, 0.15) is 0 Å². The molecule has 0 atom stereocenters. The zero-order chi connectivity index (χ0) is 9.97. The zero-order valence-corrected chi connectivity index (χ0v) is 7.51. The average molecular weight is 186 g/mol. The third-order valence-corrected chi connectivity index (χ3v) is 2.05. The smallest absolute Gasteiger partial charge is 0.123 e. The minimum atomic E-state index is 0.227. The Balaban J connectivity index is 2.61. The second kappa shape index (κ2) is 3.38. The first kappa shape index (κ1) is 8.56. The summed E-state index contributed by atoms with van der Waals surface area (Å²) >= 11 is 0. The molecular weight excluding hydrogens is 176 g/mol. The molecule has 3 heteroatoms. The monoisotopic (exact) mass is 186 g/mol. The fourth-order valence-electron chi connectivity index (χ4n) is 1.35. The molecule has 0 aliphatic carbocycles. The van der Waals surface area contributed by atoms with Crippen molar-refractivity contribution in [2.75, 3.05) is 5.73 Å². The van der Waals surface area contributed by atoms with Gasteiger partial charge in [-0.15, -0.1) is 0 Å². The first-order valence-corrected chi connectivity index (χ1v) is 4.27. The summed E-state index contributed by atoms with van der Waals surface area (Å²) in [5.74, 6) is 0.227. The van der Waals surface area contributed by atoms with Crippen LogP contribution in [0, 0.1) is 0 Å². The van der Waals surface area contributed by atoms with Gasteiger partial charge >= 0.3 is 0 Å². The molecule has 0 fully saturated rings. The Bertz CT molecular complexity index is 411. The van der Waals surface area contributed by atoms with E-state index >= 15 is 0 Å². The molecule has 0 spiro atoms. The predicted octanol–water partition coefficient (Wildman–Crippen LogP) is 2.04. The lowest BCUT2D eigenvalue weighted by atomic mass is 10.0. The summed E-state index contributed by atoms with van der Waals surface area (Å²) in [6.07, 6.45) is 3.22. The van der Waals surface area contributed by atoms with Gasteiger partial charge in [0.25, 0.3) is 0 Å². The van der Waals surface area contributed by atoms with Gasteiger partial charge < -0.3 is 10.8 Å². The van der Waals surface area contributed by atoms with Crippen molar-refractivity contribution in [3.63, 3.8) is 0 Å². The summed E-state index contributed by atoms with van der Waals surface area (Å²) in [4.78, 5) is 3.89. The fourth-order valence-corrected chi connectivity index (χ4v) is 1.35. The highest BCUT2D eigenvalue weighted by Crippen LogP contribution is 2.31. The molecule has 0 bridgehead atoms. The van der Waals surface area contributed by atoms with Crippen LogP contribution in [0.3, 0.4) is 0 Å². The lowest BCUT2D eigenvalue weighted by molar-refractivity contribution is 0.477. The molecule has 0 saturated heterocycles. The van der Waals surface area contributed by atoms with Crippen LogP contribution in [-0.4, -0.2) is 10.1 Å². The highest BCUT2D eigenvalue weighted by atomic mass is 16.3. The SMILES string of the molecule is Nc1cnccc1-c1ccccc1O. The van der Waals surface area contributed by atoms with E-state index in [1.807, 2.05) is 12.1 Å². The molecule has 0 aliphatic rings. The Morgan fingerprint density at radius 2 is 1.86 bits per heavy atom. The summed E-state index contributed by atoms with van der Waals surface area (Å²) in [5.41, 5.74) is 7.84. The van der Waals surface area contributed by atoms with E-state index in [-0.39, 0.29) is 5.75 Å². The van der Waals surface area contributed by atoms with E-state index < -0.39 is 0 Å². The van der Waals surface area contributed by atoms with Crippen LogP contribution in [0.5, 0.6) is 5.75 Å². The number of anilines is 1. The highest BCUT2D eigenvalue weighted by Gasteiger charge is 2.05. The molecule has 3 N–H and O–H groups in total. The largest absolute Gasteiger partial charge is 0.507 e. The van der Waals surface area contributed by atoms with E-state index in [1.165, 1.54) is 0 Å². The maximum Gasteiger partial charge on any atom is 0.123 e. The average Bonchev–Trinajstić information content (AvgIpc) is 2.20. The third-order valence-electron chi connectivity index (χ3n) is 2.05. The summed E-state index contributed by atoms with van der Waals surface area (Å²) in [6, 6.07) is 8.87. The molecule has 0 unspecified atom stereocenters. The molecular formula is C11H10N2O.